The molecule has 3 aromatic rings. The Kier molecular flexibility index (Phi) is 11.8. The fraction of sp³-hybridized carbons (Fsp3) is 0.459. The number of nitrogens with one attached hydrogen (secondary N) is 1. The summed E-state index contributed by atoms with van der Waals surface area (Å²) in [7, 11) is 0. The Morgan fingerprint density at radius 1 is 0.929 bits per heavy atom. The molecular formula is C37H51N3O2. The molecule has 5 heteroatoms. The van der Waals surface area contributed by atoms with Gasteiger partial charge in [-0.05, 0) is 98.5 Å². The van der Waals surface area contributed by atoms with E-state index >= 15 is 0 Å². The molecule has 0 aliphatic carbocycles. The van der Waals surface area contributed by atoms with Crippen molar-refractivity contribution in [2.45, 2.75) is 85.2 Å². The number of hydrogen-bond acceptors (Lipinski definition) is 3. The lowest BCUT2D eigenvalue weighted by atomic mass is 9.99. The van der Waals surface area contributed by atoms with Crippen molar-refractivity contribution in [3.05, 3.63) is 101 Å². The maximum atomic E-state index is 14.0. The Balaban J connectivity index is 0.00000506. The number of carbonyl (C=O) groups is 2. The van der Waals surface area contributed by atoms with Crippen molar-refractivity contribution in [2.75, 3.05) is 25.0 Å². The van der Waals surface area contributed by atoms with Crippen molar-refractivity contribution >= 4 is 17.5 Å². The SMILES string of the molecule is CCCCCc1ccc(C(=O)N(Cc2ccc(NC(=O)c3ccccc3C)cc2)C2CCN(CCC(C)C)CC2)cc1.[HH]. The summed E-state index contributed by atoms with van der Waals surface area (Å²) < 4.78 is 0. The summed E-state index contributed by atoms with van der Waals surface area (Å²) in [6.07, 6.45) is 7.89. The molecule has 42 heavy (non-hydrogen) atoms. The van der Waals surface area contributed by atoms with E-state index in [1.165, 1.54) is 31.2 Å². The van der Waals surface area contributed by atoms with Gasteiger partial charge in [0.1, 0.15) is 0 Å². The third kappa shape index (κ3) is 9.03. The van der Waals surface area contributed by atoms with Crippen molar-refractivity contribution in [1.82, 2.24) is 9.80 Å². The van der Waals surface area contributed by atoms with Gasteiger partial charge >= 0.3 is 0 Å². The van der Waals surface area contributed by atoms with E-state index in [9.17, 15) is 9.59 Å². The molecule has 1 saturated heterocycles. The topological polar surface area (TPSA) is 52.7 Å². The fourth-order valence-corrected chi connectivity index (χ4v) is 5.74. The minimum absolute atomic E-state index is 0. The standard InChI is InChI=1S/C37H49N3O2.H2/c1-5-6-7-11-30-13-17-32(18-14-30)37(42)40(34-22-25-39(26-23-34)24-21-28(2)3)27-31-15-19-33(20-16-31)38-36(41)35-12-9-8-10-29(35)4;/h8-10,12-20,28,34H,5-7,11,21-27H2,1-4H3,(H,38,41);1H. The van der Waals surface area contributed by atoms with E-state index in [2.05, 4.69) is 48.0 Å². The molecule has 0 bridgehead atoms. The molecule has 1 fully saturated rings. The molecule has 4 rings (SSSR count). The fourth-order valence-electron chi connectivity index (χ4n) is 5.74. The third-order valence-corrected chi connectivity index (χ3v) is 8.51. The van der Waals surface area contributed by atoms with Crippen molar-refractivity contribution in [3.63, 3.8) is 0 Å². The number of unbranched alkanes of at least 4 members (excludes halogenated alkanes) is 2. The van der Waals surface area contributed by atoms with Gasteiger partial charge in [0.15, 0.2) is 0 Å². The Bertz CT molecular complexity index is 1280. The first-order valence-electron chi connectivity index (χ1n) is 15.9. The van der Waals surface area contributed by atoms with Crippen LogP contribution in [0.25, 0.3) is 0 Å². The van der Waals surface area contributed by atoms with Gasteiger partial charge in [-0.1, -0.05) is 76.1 Å². The minimum Gasteiger partial charge on any atom is -0.331 e. The maximum Gasteiger partial charge on any atom is 0.255 e. The Labute approximate surface area is 254 Å². The zero-order chi connectivity index (χ0) is 29.9. The lowest BCUT2D eigenvalue weighted by Crippen LogP contribution is -2.47. The normalized spacial score (nSPS) is 14.2. The molecule has 0 aromatic heterocycles. The number of piperidine rings is 1. The van der Waals surface area contributed by atoms with Gasteiger partial charge in [0.2, 0.25) is 0 Å². The molecule has 5 nitrogen and oxygen atoms in total. The summed E-state index contributed by atoms with van der Waals surface area (Å²) in [6, 6.07) is 24.0. The van der Waals surface area contributed by atoms with Crippen LogP contribution in [-0.4, -0.2) is 47.3 Å². The van der Waals surface area contributed by atoms with Crippen LogP contribution in [0.5, 0.6) is 0 Å². The zero-order valence-electron chi connectivity index (χ0n) is 26.1. The summed E-state index contributed by atoms with van der Waals surface area (Å²) in [5.41, 5.74) is 5.50. The first-order valence-corrected chi connectivity index (χ1v) is 15.9. The molecule has 0 saturated carbocycles. The van der Waals surface area contributed by atoms with Crippen molar-refractivity contribution < 1.29 is 11.0 Å². The van der Waals surface area contributed by atoms with Gasteiger partial charge in [-0.3, -0.25) is 9.59 Å². The zero-order valence-corrected chi connectivity index (χ0v) is 26.1. The first-order chi connectivity index (χ1) is 20.3. The Morgan fingerprint density at radius 2 is 1.60 bits per heavy atom. The molecule has 1 aliphatic heterocycles. The predicted molar refractivity (Wildman–Crippen MR) is 176 cm³/mol. The van der Waals surface area contributed by atoms with Crippen LogP contribution in [0.2, 0.25) is 0 Å². The smallest absolute Gasteiger partial charge is 0.255 e. The average Bonchev–Trinajstić information content (AvgIpc) is 3.00. The van der Waals surface area contributed by atoms with Crippen LogP contribution < -0.4 is 5.32 Å². The summed E-state index contributed by atoms with van der Waals surface area (Å²) in [6.45, 7) is 12.5. The Morgan fingerprint density at radius 3 is 2.24 bits per heavy atom. The van der Waals surface area contributed by atoms with Crippen molar-refractivity contribution in [2.24, 2.45) is 5.92 Å². The summed E-state index contributed by atoms with van der Waals surface area (Å²) >= 11 is 0. The highest BCUT2D eigenvalue weighted by molar-refractivity contribution is 6.05. The number of rotatable bonds is 13. The van der Waals surface area contributed by atoms with E-state index in [0.717, 1.165) is 61.3 Å². The van der Waals surface area contributed by atoms with Gasteiger partial charge in [-0.2, -0.15) is 0 Å². The number of carbonyl (C=O) groups excluding carboxylic acids is 2. The van der Waals surface area contributed by atoms with Crippen LogP contribution in [0.1, 0.15) is 98.1 Å². The highest BCUT2D eigenvalue weighted by atomic mass is 16.2. The number of nitrogens with zero attached hydrogens (tertiary/aromatic N) is 2. The van der Waals surface area contributed by atoms with Crippen LogP contribution in [0.3, 0.4) is 0 Å². The molecule has 226 valence electrons. The predicted octanol–water partition coefficient (Wildman–Crippen LogP) is 8.38. The van der Waals surface area contributed by atoms with E-state index < -0.39 is 0 Å². The molecular weight excluding hydrogens is 518 g/mol. The van der Waals surface area contributed by atoms with Gasteiger partial charge in [-0.15, -0.1) is 0 Å². The van der Waals surface area contributed by atoms with Gasteiger partial charge in [0.25, 0.3) is 11.8 Å². The molecule has 0 atom stereocenters. The summed E-state index contributed by atoms with van der Waals surface area (Å²) in [5, 5.41) is 3.01. The van der Waals surface area contributed by atoms with Crippen LogP contribution in [0, 0.1) is 12.8 Å². The van der Waals surface area contributed by atoms with Crippen LogP contribution in [0.15, 0.2) is 72.8 Å². The van der Waals surface area contributed by atoms with Gasteiger partial charge in [-0.25, -0.2) is 0 Å². The van der Waals surface area contributed by atoms with Crippen molar-refractivity contribution in [1.29, 1.82) is 0 Å². The van der Waals surface area contributed by atoms with E-state index in [1.54, 1.807) is 0 Å². The molecule has 3 aromatic carbocycles. The molecule has 0 spiro atoms. The van der Waals surface area contributed by atoms with E-state index in [4.69, 9.17) is 0 Å². The van der Waals surface area contributed by atoms with E-state index in [-0.39, 0.29) is 19.3 Å². The van der Waals surface area contributed by atoms with E-state index in [1.807, 2.05) is 67.6 Å². The number of anilines is 1. The number of aryl methyl sites for hydroxylation is 2. The number of benzene rings is 3. The Hall–Kier alpha value is -3.44. The molecule has 1 N–H and O–H groups in total. The summed E-state index contributed by atoms with van der Waals surface area (Å²) in [5.74, 6) is 0.697. The second kappa shape index (κ2) is 15.7. The highest BCUT2D eigenvalue weighted by Crippen LogP contribution is 2.24. The van der Waals surface area contributed by atoms with Crippen LogP contribution >= 0.6 is 0 Å². The quantitative estimate of drug-likeness (QED) is 0.210. The molecule has 2 amide bonds. The van der Waals surface area contributed by atoms with Gasteiger partial charge < -0.3 is 15.1 Å². The molecule has 0 unspecified atom stereocenters. The first kappa shape index (κ1) is 31.5. The van der Waals surface area contributed by atoms with Crippen LogP contribution in [0.4, 0.5) is 5.69 Å². The molecule has 0 radical (unpaired) electrons. The molecule has 1 heterocycles. The largest absolute Gasteiger partial charge is 0.331 e. The number of amides is 2. The minimum atomic E-state index is -0.111. The van der Waals surface area contributed by atoms with Gasteiger partial charge in [0, 0.05) is 43.9 Å². The third-order valence-electron chi connectivity index (χ3n) is 8.51. The lowest BCUT2D eigenvalue weighted by molar-refractivity contribution is 0.0546. The second-order valence-electron chi connectivity index (χ2n) is 12.3. The molecule has 1 aliphatic rings. The van der Waals surface area contributed by atoms with E-state index in [0.29, 0.717) is 18.0 Å². The van der Waals surface area contributed by atoms with Crippen LogP contribution in [-0.2, 0) is 13.0 Å². The number of likely N-dealkylation sites (tertiary alicyclic amines) is 1. The van der Waals surface area contributed by atoms with Gasteiger partial charge in [0.05, 0.1) is 0 Å². The summed E-state index contributed by atoms with van der Waals surface area (Å²) in [4.78, 5) is 31.4. The average molecular weight is 570 g/mol. The van der Waals surface area contributed by atoms with Crippen molar-refractivity contribution in [3.8, 4) is 0 Å². The monoisotopic (exact) mass is 569 g/mol. The second-order valence-corrected chi connectivity index (χ2v) is 12.3. The maximum absolute atomic E-state index is 14.0. The lowest BCUT2D eigenvalue weighted by Gasteiger charge is -2.39. The number of hydrogen-bond donors (Lipinski definition) is 1. The highest BCUT2D eigenvalue weighted by Gasteiger charge is 2.29.